The van der Waals surface area contributed by atoms with Crippen molar-refractivity contribution in [1.82, 2.24) is 0 Å². The summed E-state index contributed by atoms with van der Waals surface area (Å²) in [5.41, 5.74) is 0. The third-order valence-electron chi connectivity index (χ3n) is 1.61. The molecule has 1 aliphatic heterocycles. The van der Waals surface area contributed by atoms with Gasteiger partial charge in [0.15, 0.2) is 12.1 Å². The predicted molar refractivity (Wildman–Crippen MR) is 32.8 cm³/mol. The van der Waals surface area contributed by atoms with Gasteiger partial charge in [-0.05, 0) is 6.92 Å². The van der Waals surface area contributed by atoms with E-state index in [1.807, 2.05) is 0 Å². The Morgan fingerprint density at radius 3 is 2.80 bits per heavy atom. The average molecular weight is 148 g/mol. The van der Waals surface area contributed by atoms with E-state index >= 15 is 0 Å². The molecule has 1 heterocycles. The number of aliphatic hydroxyl groups excluding tert-OH is 1. The highest BCUT2D eigenvalue weighted by Crippen LogP contribution is 2.25. The maximum atomic E-state index is 8.83. The van der Waals surface area contributed by atoms with Gasteiger partial charge in [-0.1, -0.05) is 0 Å². The van der Waals surface area contributed by atoms with Crippen molar-refractivity contribution in [3.05, 3.63) is 0 Å². The van der Waals surface area contributed by atoms with Crippen LogP contribution in [0.2, 0.25) is 0 Å². The Balaban J connectivity index is 2.38. The van der Waals surface area contributed by atoms with Gasteiger partial charge in [-0.15, -0.1) is 0 Å². The molecule has 0 unspecified atom stereocenters. The first-order valence-electron chi connectivity index (χ1n) is 3.24. The summed E-state index contributed by atoms with van der Waals surface area (Å²) in [5, 5.41) is 8.83. The van der Waals surface area contributed by atoms with E-state index in [2.05, 4.69) is 4.89 Å². The molecular weight excluding hydrogens is 136 g/mol. The number of hydrogen-bond donors (Lipinski definition) is 1. The summed E-state index contributed by atoms with van der Waals surface area (Å²) in [4.78, 5) is 9.27. The van der Waals surface area contributed by atoms with E-state index in [1.165, 1.54) is 0 Å². The lowest BCUT2D eigenvalue weighted by atomic mass is 10.1. The number of rotatable bonds is 1. The molecule has 1 N–H and O–H groups in total. The van der Waals surface area contributed by atoms with Crippen molar-refractivity contribution >= 4 is 0 Å². The fourth-order valence-corrected chi connectivity index (χ4v) is 0.769. The number of hydrogen-bond acceptors (Lipinski definition) is 4. The molecule has 1 rings (SSSR count). The number of methoxy groups -OCH3 is 1. The van der Waals surface area contributed by atoms with Crippen LogP contribution in [0.15, 0.2) is 0 Å². The molecule has 0 radical (unpaired) electrons. The Morgan fingerprint density at radius 1 is 1.70 bits per heavy atom. The lowest BCUT2D eigenvalue weighted by molar-refractivity contribution is -0.485. The first-order valence-corrected chi connectivity index (χ1v) is 3.24. The van der Waals surface area contributed by atoms with Gasteiger partial charge < -0.3 is 9.84 Å². The van der Waals surface area contributed by atoms with Gasteiger partial charge in [0.2, 0.25) is 0 Å². The third-order valence-corrected chi connectivity index (χ3v) is 1.61. The summed E-state index contributed by atoms with van der Waals surface area (Å²) in [5.74, 6) is -0.681. The van der Waals surface area contributed by atoms with Crippen molar-refractivity contribution in [2.24, 2.45) is 0 Å². The minimum Gasteiger partial charge on any atom is -0.366 e. The molecule has 0 aromatic rings. The van der Waals surface area contributed by atoms with E-state index in [4.69, 9.17) is 14.7 Å². The Bertz CT molecular complexity index is 106. The summed E-state index contributed by atoms with van der Waals surface area (Å²) in [6.45, 7) is 1.76. The van der Waals surface area contributed by atoms with E-state index in [0.717, 1.165) is 0 Å². The quantitative estimate of drug-likeness (QED) is 0.547. The molecular formula is C6H12O4. The van der Waals surface area contributed by atoms with Crippen LogP contribution in [0.3, 0.4) is 0 Å². The average Bonchev–Trinajstić information content (AvgIpc) is 1.96. The number of aliphatic hydroxyl groups is 1. The van der Waals surface area contributed by atoms with Gasteiger partial charge in [-0.3, -0.25) is 0 Å². The monoisotopic (exact) mass is 148 g/mol. The molecule has 1 saturated heterocycles. The van der Waals surface area contributed by atoms with Gasteiger partial charge in [0.05, 0.1) is 0 Å². The molecule has 0 saturated carbocycles. The Labute approximate surface area is 59.6 Å². The lowest BCUT2D eigenvalue weighted by Gasteiger charge is -2.32. The van der Waals surface area contributed by atoms with Crippen molar-refractivity contribution in [2.75, 3.05) is 7.11 Å². The Hall–Kier alpha value is -0.160. The van der Waals surface area contributed by atoms with Crippen LogP contribution in [-0.4, -0.2) is 24.3 Å². The van der Waals surface area contributed by atoms with Gasteiger partial charge in [0.25, 0.3) is 0 Å². The molecule has 0 aliphatic carbocycles. The summed E-state index contributed by atoms with van der Waals surface area (Å²) >= 11 is 0. The minimum absolute atomic E-state index is 0.546. The molecule has 60 valence electrons. The van der Waals surface area contributed by atoms with Crippen LogP contribution in [0.5, 0.6) is 0 Å². The highest BCUT2D eigenvalue weighted by Gasteiger charge is 2.32. The van der Waals surface area contributed by atoms with Crippen molar-refractivity contribution in [1.29, 1.82) is 0 Å². The zero-order valence-electron chi connectivity index (χ0n) is 6.16. The SMILES string of the molecule is CO[C@@]1(C)CC[C@@H](O)OO1. The topological polar surface area (TPSA) is 47.9 Å². The van der Waals surface area contributed by atoms with Crippen LogP contribution in [-0.2, 0) is 14.5 Å². The van der Waals surface area contributed by atoms with Crippen molar-refractivity contribution in [3.63, 3.8) is 0 Å². The summed E-state index contributed by atoms with van der Waals surface area (Å²) in [6.07, 6.45) is 0.387. The van der Waals surface area contributed by atoms with Crippen LogP contribution < -0.4 is 0 Å². The fourth-order valence-electron chi connectivity index (χ4n) is 0.769. The standard InChI is InChI=1S/C6H12O4/c1-6(8-2)4-3-5(7)9-10-6/h5,7H,3-4H2,1-2H3/t5-,6+/m0/s1. The first-order chi connectivity index (χ1) is 4.66. The summed E-state index contributed by atoms with van der Waals surface area (Å²) in [7, 11) is 1.54. The van der Waals surface area contributed by atoms with E-state index < -0.39 is 12.1 Å². The third kappa shape index (κ3) is 1.67. The molecule has 0 aromatic heterocycles. The molecule has 1 aliphatic rings. The van der Waals surface area contributed by atoms with Gasteiger partial charge in [0.1, 0.15) is 0 Å². The normalized spacial score (nSPS) is 41.7. The van der Waals surface area contributed by atoms with Gasteiger partial charge in [-0.25, -0.2) is 4.89 Å². The zero-order valence-corrected chi connectivity index (χ0v) is 6.16. The number of ether oxygens (including phenoxy) is 1. The second-order valence-electron chi connectivity index (χ2n) is 2.51. The summed E-state index contributed by atoms with van der Waals surface area (Å²) < 4.78 is 4.97. The molecule has 1 fully saturated rings. The highest BCUT2D eigenvalue weighted by atomic mass is 17.2. The lowest BCUT2D eigenvalue weighted by Crippen LogP contribution is -2.38. The van der Waals surface area contributed by atoms with E-state index in [1.54, 1.807) is 14.0 Å². The van der Waals surface area contributed by atoms with E-state index in [0.29, 0.717) is 12.8 Å². The fraction of sp³-hybridized carbons (Fsp3) is 1.00. The summed E-state index contributed by atoms with van der Waals surface area (Å²) in [6, 6.07) is 0. The van der Waals surface area contributed by atoms with Crippen LogP contribution in [0.25, 0.3) is 0 Å². The minimum atomic E-state index is -0.803. The molecule has 0 spiro atoms. The van der Waals surface area contributed by atoms with Gasteiger partial charge in [0, 0.05) is 20.0 Å². The van der Waals surface area contributed by atoms with E-state index in [-0.39, 0.29) is 0 Å². The van der Waals surface area contributed by atoms with Crippen LogP contribution in [0.1, 0.15) is 19.8 Å². The van der Waals surface area contributed by atoms with Gasteiger partial charge >= 0.3 is 0 Å². The molecule has 4 nitrogen and oxygen atoms in total. The van der Waals surface area contributed by atoms with Crippen molar-refractivity contribution < 1.29 is 19.6 Å². The van der Waals surface area contributed by atoms with Crippen molar-refractivity contribution in [3.8, 4) is 0 Å². The molecule has 4 heteroatoms. The van der Waals surface area contributed by atoms with Gasteiger partial charge in [-0.2, -0.15) is 4.89 Å². The largest absolute Gasteiger partial charge is 0.366 e. The second kappa shape index (κ2) is 2.84. The van der Waals surface area contributed by atoms with Crippen LogP contribution in [0, 0.1) is 0 Å². The maximum Gasteiger partial charge on any atom is 0.198 e. The maximum absolute atomic E-state index is 8.83. The second-order valence-corrected chi connectivity index (χ2v) is 2.51. The van der Waals surface area contributed by atoms with E-state index in [9.17, 15) is 0 Å². The van der Waals surface area contributed by atoms with Crippen LogP contribution >= 0.6 is 0 Å². The Kier molecular flexibility index (Phi) is 2.25. The Morgan fingerprint density at radius 2 is 2.40 bits per heavy atom. The molecule has 0 aromatic carbocycles. The predicted octanol–water partition coefficient (Wildman–Crippen LogP) is 0.409. The van der Waals surface area contributed by atoms with Crippen molar-refractivity contribution in [2.45, 2.75) is 31.8 Å². The van der Waals surface area contributed by atoms with Crippen LogP contribution in [0.4, 0.5) is 0 Å². The smallest absolute Gasteiger partial charge is 0.198 e. The zero-order chi connectivity index (χ0) is 7.61. The molecule has 0 amide bonds. The molecule has 2 atom stereocenters. The molecule has 10 heavy (non-hydrogen) atoms. The molecule has 0 bridgehead atoms. The highest BCUT2D eigenvalue weighted by molar-refractivity contribution is 4.64. The first kappa shape index (κ1) is 7.94.